The Kier molecular flexibility index (Phi) is 4.93. The Morgan fingerprint density at radius 2 is 1.96 bits per heavy atom. The third kappa shape index (κ3) is 3.53. The minimum absolute atomic E-state index is 0.0180. The Labute approximate surface area is 162 Å². The molecule has 3 heterocycles. The number of fused-ring (bicyclic) bond motifs is 3. The summed E-state index contributed by atoms with van der Waals surface area (Å²) in [5.41, 5.74) is 4.30. The van der Waals surface area contributed by atoms with Crippen LogP contribution in [0.5, 0.6) is 0 Å². The molecule has 28 heavy (non-hydrogen) atoms. The number of nitrogens with one attached hydrogen (secondary N) is 1. The first-order chi connectivity index (χ1) is 13.6. The number of hydrogen-bond donors (Lipinski definition) is 1. The molecule has 0 spiro atoms. The molecule has 0 unspecified atom stereocenters. The van der Waals surface area contributed by atoms with Crippen molar-refractivity contribution in [3.63, 3.8) is 0 Å². The molecule has 0 aliphatic rings. The number of carbonyl (C=O) groups excluding carboxylic acids is 1. The summed E-state index contributed by atoms with van der Waals surface area (Å²) in [7, 11) is 0. The molecule has 1 N–H and O–H groups in total. The van der Waals surface area contributed by atoms with Gasteiger partial charge in [0.15, 0.2) is 5.65 Å². The summed E-state index contributed by atoms with van der Waals surface area (Å²) in [4.78, 5) is 29.4. The second-order valence-corrected chi connectivity index (χ2v) is 6.94. The fourth-order valence-electron chi connectivity index (χ4n) is 3.50. The summed E-state index contributed by atoms with van der Waals surface area (Å²) < 4.78 is 3.52. The Morgan fingerprint density at radius 1 is 1.11 bits per heavy atom. The van der Waals surface area contributed by atoms with E-state index >= 15 is 0 Å². The quantitative estimate of drug-likeness (QED) is 0.564. The van der Waals surface area contributed by atoms with Crippen molar-refractivity contribution < 1.29 is 4.79 Å². The third-order valence-electron chi connectivity index (χ3n) is 4.85. The molecule has 4 aromatic rings. The number of amides is 1. The van der Waals surface area contributed by atoms with E-state index in [9.17, 15) is 9.59 Å². The van der Waals surface area contributed by atoms with Crippen molar-refractivity contribution in [2.24, 2.45) is 0 Å². The highest BCUT2D eigenvalue weighted by molar-refractivity contribution is 5.76. The van der Waals surface area contributed by atoms with E-state index in [-0.39, 0.29) is 11.5 Å². The van der Waals surface area contributed by atoms with Gasteiger partial charge in [-0.1, -0.05) is 29.8 Å². The highest BCUT2D eigenvalue weighted by Gasteiger charge is 2.11. The summed E-state index contributed by atoms with van der Waals surface area (Å²) >= 11 is 0. The van der Waals surface area contributed by atoms with Crippen LogP contribution in [0.2, 0.25) is 0 Å². The van der Waals surface area contributed by atoms with E-state index in [1.54, 1.807) is 16.8 Å². The van der Waals surface area contributed by atoms with Gasteiger partial charge in [-0.3, -0.25) is 14.2 Å². The van der Waals surface area contributed by atoms with Crippen molar-refractivity contribution in [1.29, 1.82) is 0 Å². The number of benzene rings is 1. The smallest absolute Gasteiger partial charge is 0.276 e. The molecule has 0 saturated carbocycles. The first-order valence-corrected chi connectivity index (χ1v) is 9.40. The molecule has 0 saturated heterocycles. The van der Waals surface area contributed by atoms with E-state index in [2.05, 4.69) is 16.4 Å². The predicted octanol–water partition coefficient (Wildman–Crippen LogP) is 3.05. The Balaban J connectivity index is 1.44. The van der Waals surface area contributed by atoms with Gasteiger partial charge in [-0.05, 0) is 43.2 Å². The van der Waals surface area contributed by atoms with Crippen molar-refractivity contribution >= 4 is 22.6 Å². The lowest BCUT2D eigenvalue weighted by molar-refractivity contribution is -0.121. The van der Waals surface area contributed by atoms with Crippen LogP contribution < -0.4 is 10.9 Å². The normalized spacial score (nSPS) is 11.2. The van der Waals surface area contributed by atoms with Crippen LogP contribution in [0, 0.1) is 6.92 Å². The van der Waals surface area contributed by atoms with Crippen LogP contribution in [0.3, 0.4) is 0 Å². The van der Waals surface area contributed by atoms with Gasteiger partial charge in [0, 0.05) is 31.9 Å². The number of hydrogen-bond acceptors (Lipinski definition) is 3. The molecule has 142 valence electrons. The maximum absolute atomic E-state index is 12.8. The highest BCUT2D eigenvalue weighted by atomic mass is 16.1. The van der Waals surface area contributed by atoms with E-state index in [1.807, 2.05) is 53.9 Å². The maximum atomic E-state index is 12.8. The summed E-state index contributed by atoms with van der Waals surface area (Å²) in [6, 6.07) is 15.5. The van der Waals surface area contributed by atoms with E-state index in [0.29, 0.717) is 37.1 Å². The first-order valence-electron chi connectivity index (χ1n) is 9.40. The van der Waals surface area contributed by atoms with E-state index in [1.165, 1.54) is 5.56 Å². The average Bonchev–Trinajstić information content (AvgIpc) is 3.19. The van der Waals surface area contributed by atoms with Gasteiger partial charge >= 0.3 is 0 Å². The van der Waals surface area contributed by atoms with Gasteiger partial charge in [-0.15, -0.1) is 0 Å². The van der Waals surface area contributed by atoms with Gasteiger partial charge in [0.1, 0.15) is 5.52 Å². The summed E-state index contributed by atoms with van der Waals surface area (Å²) in [6.45, 7) is 3.00. The molecule has 0 atom stereocenters. The fourth-order valence-corrected chi connectivity index (χ4v) is 3.50. The largest absolute Gasteiger partial charge is 0.352 e. The molecular weight excluding hydrogens is 352 g/mol. The summed E-state index contributed by atoms with van der Waals surface area (Å²) in [6.07, 6.45) is 4.48. The van der Waals surface area contributed by atoms with Crippen LogP contribution >= 0.6 is 0 Å². The highest BCUT2D eigenvalue weighted by Crippen LogP contribution is 2.13. The van der Waals surface area contributed by atoms with E-state index < -0.39 is 0 Å². The summed E-state index contributed by atoms with van der Waals surface area (Å²) in [5, 5.41) is 2.94. The van der Waals surface area contributed by atoms with Crippen molar-refractivity contribution in [2.45, 2.75) is 32.9 Å². The monoisotopic (exact) mass is 374 g/mol. The molecule has 0 radical (unpaired) electrons. The van der Waals surface area contributed by atoms with Gasteiger partial charge < -0.3 is 9.72 Å². The lowest BCUT2D eigenvalue weighted by atomic mass is 10.1. The van der Waals surface area contributed by atoms with Crippen molar-refractivity contribution in [1.82, 2.24) is 19.3 Å². The Hall–Kier alpha value is -3.41. The molecule has 0 bridgehead atoms. The van der Waals surface area contributed by atoms with E-state index in [4.69, 9.17) is 0 Å². The lowest BCUT2D eigenvalue weighted by Crippen LogP contribution is -2.26. The Morgan fingerprint density at radius 3 is 2.82 bits per heavy atom. The summed E-state index contributed by atoms with van der Waals surface area (Å²) in [5.74, 6) is -0.0180. The number of aryl methyl sites for hydroxylation is 2. The molecule has 0 aliphatic heterocycles. The molecular formula is C22H22N4O2. The zero-order chi connectivity index (χ0) is 19.5. The molecule has 1 aromatic carbocycles. The topological polar surface area (TPSA) is 68.4 Å². The molecule has 0 fully saturated rings. The lowest BCUT2D eigenvalue weighted by Gasteiger charge is -2.11. The van der Waals surface area contributed by atoms with Gasteiger partial charge in [-0.2, -0.15) is 0 Å². The van der Waals surface area contributed by atoms with Crippen molar-refractivity contribution in [2.75, 3.05) is 0 Å². The number of rotatable bonds is 6. The van der Waals surface area contributed by atoms with Gasteiger partial charge in [0.25, 0.3) is 5.56 Å². The van der Waals surface area contributed by atoms with Crippen LogP contribution in [-0.4, -0.2) is 19.9 Å². The molecule has 4 rings (SSSR count). The molecule has 1 amide bonds. The van der Waals surface area contributed by atoms with Gasteiger partial charge in [-0.25, -0.2) is 4.98 Å². The van der Waals surface area contributed by atoms with Crippen molar-refractivity contribution in [3.05, 3.63) is 82.4 Å². The fraction of sp³-hybridized carbons (Fsp3) is 0.227. The van der Waals surface area contributed by atoms with Crippen LogP contribution in [0.25, 0.3) is 16.7 Å². The number of aromatic nitrogens is 3. The van der Waals surface area contributed by atoms with Crippen LogP contribution in [0.4, 0.5) is 0 Å². The molecule has 6 heteroatoms. The third-order valence-corrected chi connectivity index (χ3v) is 4.85. The SMILES string of the molecule is Cc1cccc(CNC(=O)CCCn2c(=O)c3cccn3c3cccnc32)c1. The zero-order valence-corrected chi connectivity index (χ0v) is 15.8. The van der Waals surface area contributed by atoms with Crippen LogP contribution in [0.1, 0.15) is 24.0 Å². The van der Waals surface area contributed by atoms with Gasteiger partial charge in [0.2, 0.25) is 5.91 Å². The Bertz CT molecular complexity index is 1210. The van der Waals surface area contributed by atoms with Crippen LogP contribution in [-0.2, 0) is 17.9 Å². The number of carbonyl (C=O) groups is 1. The maximum Gasteiger partial charge on any atom is 0.276 e. The zero-order valence-electron chi connectivity index (χ0n) is 15.8. The first kappa shape index (κ1) is 18.0. The minimum Gasteiger partial charge on any atom is -0.352 e. The van der Waals surface area contributed by atoms with Crippen molar-refractivity contribution in [3.8, 4) is 0 Å². The number of nitrogens with zero attached hydrogens (tertiary/aromatic N) is 3. The number of pyridine rings is 1. The minimum atomic E-state index is -0.0867. The van der Waals surface area contributed by atoms with Gasteiger partial charge in [0.05, 0.1) is 5.52 Å². The molecule has 3 aromatic heterocycles. The van der Waals surface area contributed by atoms with E-state index in [0.717, 1.165) is 11.1 Å². The molecule has 6 nitrogen and oxygen atoms in total. The molecule has 0 aliphatic carbocycles. The predicted molar refractivity (Wildman–Crippen MR) is 109 cm³/mol. The van der Waals surface area contributed by atoms with Crippen LogP contribution in [0.15, 0.2) is 65.7 Å². The average molecular weight is 374 g/mol. The second-order valence-electron chi connectivity index (χ2n) is 6.94. The second kappa shape index (κ2) is 7.68. The standard InChI is InChI=1S/C22H22N4O2/c1-16-6-2-7-17(14-16)15-24-20(27)10-5-13-26-21-18(8-3-11-23-21)25-12-4-9-19(25)22(26)28/h2-4,6-9,11-12,14H,5,10,13,15H2,1H3,(H,24,27).